The first kappa shape index (κ1) is 20.8. The number of phenols is 2. The molecular weight excluding hydrogens is 260 g/mol. The molecule has 0 aliphatic heterocycles. The van der Waals surface area contributed by atoms with Gasteiger partial charge >= 0.3 is 0 Å². The molecule has 0 unspecified atom stereocenters. The summed E-state index contributed by atoms with van der Waals surface area (Å²) in [7, 11) is 0. The maximum atomic E-state index is 8.63. The largest absolute Gasteiger partial charge is 0.508 e. The summed E-state index contributed by atoms with van der Waals surface area (Å²) >= 11 is 0. The average Bonchev–Trinajstić information content (AvgIpc) is 2.21. The molecule has 8 N–H and O–H groups in total. The molecule has 17 heavy (non-hydrogen) atoms. The smallest absolute Gasteiger partial charge is 0.115 e. The van der Waals surface area contributed by atoms with E-state index in [1.54, 1.807) is 48.5 Å². The van der Waals surface area contributed by atoms with Gasteiger partial charge in [-0.25, -0.2) is 0 Å². The van der Waals surface area contributed by atoms with Crippen LogP contribution in [0.4, 0.5) is 0 Å². The first-order valence-corrected chi connectivity index (χ1v) is 4.27. The van der Waals surface area contributed by atoms with Gasteiger partial charge in [0.05, 0.1) is 0 Å². The minimum Gasteiger partial charge on any atom is -0.508 e. The second-order valence-electron chi connectivity index (χ2n) is 2.67. The molecule has 0 atom stereocenters. The topological polar surface area (TPSA) is 110 Å². The first-order valence-electron chi connectivity index (χ1n) is 4.27. The van der Waals surface area contributed by atoms with E-state index >= 15 is 0 Å². The van der Waals surface area contributed by atoms with E-state index in [4.69, 9.17) is 10.2 Å². The van der Waals surface area contributed by atoms with Crippen LogP contribution in [-0.4, -0.2) is 10.2 Å². The van der Waals surface area contributed by atoms with Crippen molar-refractivity contribution >= 4 is 0 Å². The molecule has 0 bridgehead atoms. The van der Waals surface area contributed by atoms with E-state index < -0.39 is 0 Å². The second-order valence-corrected chi connectivity index (χ2v) is 2.67. The second kappa shape index (κ2) is 12.5. The molecule has 0 saturated heterocycles. The molecule has 0 saturated carbocycles. The van der Waals surface area contributed by atoms with Gasteiger partial charge in [-0.15, -0.1) is 0 Å². The summed E-state index contributed by atoms with van der Waals surface area (Å²) in [6.45, 7) is 0. The quantitative estimate of drug-likeness (QED) is 0.555. The van der Waals surface area contributed by atoms with Gasteiger partial charge in [-0.3, -0.25) is 0 Å². The maximum absolute atomic E-state index is 8.63. The minimum atomic E-state index is 0. The summed E-state index contributed by atoms with van der Waals surface area (Å²) in [6.07, 6.45) is 0. The van der Waals surface area contributed by atoms with Crippen molar-refractivity contribution in [2.24, 2.45) is 0 Å². The number of aromatic hydroxyl groups is 2. The van der Waals surface area contributed by atoms with Crippen LogP contribution in [-0.2, 0) is 17.1 Å². The van der Waals surface area contributed by atoms with Gasteiger partial charge in [0.1, 0.15) is 11.5 Å². The monoisotopic (exact) mass is 278 g/mol. The van der Waals surface area contributed by atoms with Gasteiger partial charge in [0, 0.05) is 17.1 Å². The summed E-state index contributed by atoms with van der Waals surface area (Å²) in [5.74, 6) is 0.644. The van der Waals surface area contributed by atoms with Gasteiger partial charge in [0.25, 0.3) is 0 Å². The van der Waals surface area contributed by atoms with Crippen LogP contribution >= 0.6 is 0 Å². The van der Waals surface area contributed by atoms with Crippen LogP contribution in [0.15, 0.2) is 60.7 Å². The van der Waals surface area contributed by atoms with E-state index in [2.05, 4.69) is 0 Å². The van der Waals surface area contributed by atoms with Gasteiger partial charge in [-0.05, 0) is 24.3 Å². The molecule has 4 nitrogen and oxygen atoms in total. The normalized spacial score (nSPS) is 7.06. The Hall–Kier alpha value is -1.52. The van der Waals surface area contributed by atoms with E-state index in [-0.39, 0.29) is 29.4 Å². The molecule has 2 aromatic rings. The van der Waals surface area contributed by atoms with E-state index in [0.717, 1.165) is 0 Å². The number of hydrogen-bond donors (Lipinski definition) is 4. The molecule has 5 heteroatoms. The number of phenolic OH excluding ortho intramolecular Hbond substituents is 2. The minimum absolute atomic E-state index is 0. The van der Waals surface area contributed by atoms with Gasteiger partial charge in [-0.2, -0.15) is 0 Å². The summed E-state index contributed by atoms with van der Waals surface area (Å²) < 4.78 is 0. The van der Waals surface area contributed by atoms with Crippen molar-refractivity contribution in [2.45, 2.75) is 0 Å². The number of rotatable bonds is 0. The predicted molar refractivity (Wildman–Crippen MR) is 66.3 cm³/mol. The summed E-state index contributed by atoms with van der Waals surface area (Å²) in [5.41, 5.74) is 0. The molecule has 96 valence electrons. The van der Waals surface area contributed by atoms with Crippen molar-refractivity contribution in [3.8, 4) is 11.5 Å². The molecular formula is C12H18FeN2O2. The van der Waals surface area contributed by atoms with E-state index in [1.165, 1.54) is 0 Å². The fourth-order valence-electron chi connectivity index (χ4n) is 0.856. The van der Waals surface area contributed by atoms with Crippen LogP contribution in [0.1, 0.15) is 0 Å². The third-order valence-corrected chi connectivity index (χ3v) is 1.51. The maximum Gasteiger partial charge on any atom is 0.115 e. The van der Waals surface area contributed by atoms with Crippen LogP contribution in [0.25, 0.3) is 0 Å². The van der Waals surface area contributed by atoms with Crippen LogP contribution < -0.4 is 12.3 Å². The van der Waals surface area contributed by atoms with Crippen molar-refractivity contribution in [3.05, 3.63) is 60.7 Å². The zero-order valence-corrected chi connectivity index (χ0v) is 10.5. The molecule has 2 rings (SSSR count). The average molecular weight is 278 g/mol. The fourth-order valence-corrected chi connectivity index (χ4v) is 0.856. The van der Waals surface area contributed by atoms with Crippen LogP contribution in [0.2, 0.25) is 0 Å². The van der Waals surface area contributed by atoms with E-state index in [0.29, 0.717) is 11.5 Å². The summed E-state index contributed by atoms with van der Waals surface area (Å²) in [6, 6.07) is 17.4. The number of benzene rings is 2. The predicted octanol–water partition coefficient (Wildman–Crippen LogP) is 3.11. The molecule has 0 radical (unpaired) electrons. The van der Waals surface area contributed by atoms with Crippen molar-refractivity contribution in [2.75, 3.05) is 0 Å². The zero-order chi connectivity index (χ0) is 10.2. The molecule has 0 fully saturated rings. The Morgan fingerprint density at radius 1 is 0.529 bits per heavy atom. The Morgan fingerprint density at radius 2 is 0.765 bits per heavy atom. The zero-order valence-electron chi connectivity index (χ0n) is 9.44. The molecule has 0 amide bonds. The molecule has 0 heterocycles. The number of hydrogen-bond acceptors (Lipinski definition) is 4. The van der Waals surface area contributed by atoms with E-state index in [9.17, 15) is 0 Å². The Morgan fingerprint density at radius 3 is 0.882 bits per heavy atom. The Labute approximate surface area is 112 Å². The fraction of sp³-hybridized carbons (Fsp3) is 0. The summed E-state index contributed by atoms with van der Waals surface area (Å²) in [5, 5.41) is 17.3. The third kappa shape index (κ3) is 10.8. The number of para-hydroxylation sites is 2. The Kier molecular flexibility index (Phi) is 15.4. The van der Waals surface area contributed by atoms with Crippen LogP contribution in [0.3, 0.4) is 0 Å². The Balaban J connectivity index is -0.000000196. The van der Waals surface area contributed by atoms with Crippen LogP contribution in [0.5, 0.6) is 11.5 Å². The third-order valence-electron chi connectivity index (χ3n) is 1.51. The van der Waals surface area contributed by atoms with Crippen LogP contribution in [0, 0.1) is 0 Å². The van der Waals surface area contributed by atoms with E-state index in [1.807, 2.05) is 12.1 Å². The molecule has 0 spiro atoms. The van der Waals surface area contributed by atoms with Gasteiger partial charge in [0.2, 0.25) is 0 Å². The molecule has 2 aromatic carbocycles. The van der Waals surface area contributed by atoms with Crippen molar-refractivity contribution < 1.29 is 27.3 Å². The summed E-state index contributed by atoms with van der Waals surface area (Å²) in [4.78, 5) is 0. The van der Waals surface area contributed by atoms with Crippen molar-refractivity contribution in [1.82, 2.24) is 12.3 Å². The van der Waals surface area contributed by atoms with Crippen molar-refractivity contribution in [1.29, 1.82) is 0 Å². The Bertz CT molecular complexity index is 320. The molecule has 0 aliphatic rings. The molecule has 0 aromatic heterocycles. The van der Waals surface area contributed by atoms with Crippen molar-refractivity contribution in [3.63, 3.8) is 0 Å². The SMILES string of the molecule is N.N.Oc1ccccc1.Oc1ccccc1.[Fe]. The van der Waals surface area contributed by atoms with Gasteiger partial charge in [-0.1, -0.05) is 36.4 Å². The van der Waals surface area contributed by atoms with Gasteiger partial charge in [0.15, 0.2) is 0 Å². The molecule has 0 aliphatic carbocycles. The standard InChI is InChI=1S/2C6H6O.Fe.2H3N/c2*7-6-4-2-1-3-5-6;;;/h2*1-5,7H;;2*1H3. The van der Waals surface area contributed by atoms with Gasteiger partial charge < -0.3 is 22.5 Å². The first-order chi connectivity index (χ1) is 6.79.